The van der Waals surface area contributed by atoms with Gasteiger partial charge in [0.15, 0.2) is 0 Å². The highest BCUT2D eigenvalue weighted by molar-refractivity contribution is 6.30. The van der Waals surface area contributed by atoms with Crippen molar-refractivity contribution in [1.82, 2.24) is 5.32 Å². The molecule has 0 aromatic heterocycles. The fraction of sp³-hybridized carbons (Fsp3) is 0.200. The van der Waals surface area contributed by atoms with Crippen molar-refractivity contribution in [2.24, 2.45) is 0 Å². The summed E-state index contributed by atoms with van der Waals surface area (Å²) in [6.45, 7) is 2.14. The van der Waals surface area contributed by atoms with E-state index in [0.29, 0.717) is 10.6 Å². The van der Waals surface area contributed by atoms with Crippen LogP contribution in [0, 0.1) is 15.9 Å². The molecule has 0 aliphatic rings. The Hall–Kier alpha value is -1.98. The van der Waals surface area contributed by atoms with Crippen LogP contribution in [0.3, 0.4) is 0 Å². The van der Waals surface area contributed by atoms with Crippen LogP contribution in [0.15, 0.2) is 42.5 Å². The van der Waals surface area contributed by atoms with Crippen LogP contribution in [0.1, 0.15) is 24.1 Å². The van der Waals surface area contributed by atoms with E-state index < -0.39 is 4.92 Å². The minimum absolute atomic E-state index is 0.0124. The fourth-order valence-electron chi connectivity index (χ4n) is 2.03. The zero-order valence-corrected chi connectivity index (χ0v) is 12.1. The summed E-state index contributed by atoms with van der Waals surface area (Å²) in [5, 5.41) is 14.6. The van der Waals surface area contributed by atoms with Crippen molar-refractivity contribution in [3.05, 3.63) is 74.5 Å². The lowest BCUT2D eigenvalue weighted by Crippen LogP contribution is -2.18. The second-order valence-corrected chi connectivity index (χ2v) is 5.12. The van der Waals surface area contributed by atoms with Crippen LogP contribution in [0.5, 0.6) is 0 Å². The van der Waals surface area contributed by atoms with E-state index in [2.05, 4.69) is 5.32 Å². The third kappa shape index (κ3) is 4.00. The van der Waals surface area contributed by atoms with Crippen LogP contribution < -0.4 is 5.32 Å². The Morgan fingerprint density at radius 3 is 2.76 bits per heavy atom. The number of nitro benzene ring substituents is 1. The van der Waals surface area contributed by atoms with Gasteiger partial charge < -0.3 is 5.32 Å². The van der Waals surface area contributed by atoms with Crippen LogP contribution in [0.2, 0.25) is 5.02 Å². The van der Waals surface area contributed by atoms with Crippen molar-refractivity contribution in [2.75, 3.05) is 0 Å². The average molecular weight is 309 g/mol. The number of nitrogens with one attached hydrogen (secondary N) is 1. The van der Waals surface area contributed by atoms with Gasteiger partial charge in [0.25, 0.3) is 5.69 Å². The molecule has 0 aliphatic heterocycles. The number of nitro groups is 1. The molecule has 4 nitrogen and oxygen atoms in total. The van der Waals surface area contributed by atoms with Gasteiger partial charge in [-0.25, -0.2) is 4.39 Å². The standard InChI is InChI=1S/C15H14ClFN2O2/c1-10(11-3-2-4-14(17)8-11)18-9-12-7-13(16)5-6-15(12)19(20)21/h2-8,10,18H,9H2,1H3. The summed E-state index contributed by atoms with van der Waals surface area (Å²) in [7, 11) is 0. The maximum absolute atomic E-state index is 13.2. The van der Waals surface area contributed by atoms with Crippen molar-refractivity contribution in [2.45, 2.75) is 19.5 Å². The van der Waals surface area contributed by atoms with E-state index >= 15 is 0 Å². The molecule has 2 aromatic carbocycles. The first-order valence-electron chi connectivity index (χ1n) is 6.39. The molecule has 0 amide bonds. The maximum atomic E-state index is 13.2. The Morgan fingerprint density at radius 1 is 1.33 bits per heavy atom. The van der Waals surface area contributed by atoms with E-state index in [-0.39, 0.29) is 24.1 Å². The van der Waals surface area contributed by atoms with Crippen molar-refractivity contribution in [3.8, 4) is 0 Å². The van der Waals surface area contributed by atoms with Gasteiger partial charge in [-0.05, 0) is 36.8 Å². The zero-order chi connectivity index (χ0) is 15.4. The van der Waals surface area contributed by atoms with Gasteiger partial charge >= 0.3 is 0 Å². The smallest absolute Gasteiger partial charge is 0.273 e. The van der Waals surface area contributed by atoms with Gasteiger partial charge in [0.2, 0.25) is 0 Å². The van der Waals surface area contributed by atoms with E-state index in [4.69, 9.17) is 11.6 Å². The molecular weight excluding hydrogens is 295 g/mol. The van der Waals surface area contributed by atoms with Gasteiger partial charge in [-0.2, -0.15) is 0 Å². The Morgan fingerprint density at radius 2 is 2.10 bits per heavy atom. The third-order valence-electron chi connectivity index (χ3n) is 3.19. The Balaban J connectivity index is 2.12. The zero-order valence-electron chi connectivity index (χ0n) is 11.3. The number of hydrogen-bond donors (Lipinski definition) is 1. The highest BCUT2D eigenvalue weighted by atomic mass is 35.5. The lowest BCUT2D eigenvalue weighted by Gasteiger charge is -2.14. The first-order valence-corrected chi connectivity index (χ1v) is 6.77. The van der Waals surface area contributed by atoms with Crippen molar-refractivity contribution < 1.29 is 9.31 Å². The number of benzene rings is 2. The monoisotopic (exact) mass is 308 g/mol. The fourth-order valence-corrected chi connectivity index (χ4v) is 2.23. The largest absolute Gasteiger partial charge is 0.306 e. The minimum atomic E-state index is -0.444. The summed E-state index contributed by atoms with van der Waals surface area (Å²) in [5.74, 6) is -0.310. The topological polar surface area (TPSA) is 55.2 Å². The van der Waals surface area contributed by atoms with Gasteiger partial charge in [-0.1, -0.05) is 23.7 Å². The Bertz CT molecular complexity index is 664. The molecule has 21 heavy (non-hydrogen) atoms. The van der Waals surface area contributed by atoms with Gasteiger partial charge in [-0.15, -0.1) is 0 Å². The summed E-state index contributed by atoms with van der Waals surface area (Å²) in [4.78, 5) is 10.5. The lowest BCUT2D eigenvalue weighted by atomic mass is 10.1. The van der Waals surface area contributed by atoms with Crippen LogP contribution in [-0.4, -0.2) is 4.92 Å². The third-order valence-corrected chi connectivity index (χ3v) is 3.42. The predicted octanol–water partition coefficient (Wildman–Crippen LogP) is 4.24. The molecule has 1 atom stereocenters. The molecule has 0 heterocycles. The molecule has 0 radical (unpaired) electrons. The van der Waals surface area contributed by atoms with Crippen LogP contribution >= 0.6 is 11.6 Å². The van der Waals surface area contributed by atoms with E-state index in [1.165, 1.54) is 24.3 Å². The van der Waals surface area contributed by atoms with Crippen LogP contribution in [0.4, 0.5) is 10.1 Å². The number of rotatable bonds is 5. The van der Waals surface area contributed by atoms with E-state index in [0.717, 1.165) is 5.56 Å². The SMILES string of the molecule is CC(NCc1cc(Cl)ccc1[N+](=O)[O-])c1cccc(F)c1. The Kier molecular flexibility index (Phi) is 4.88. The summed E-state index contributed by atoms with van der Waals surface area (Å²) in [5.41, 5.74) is 1.29. The molecule has 0 spiro atoms. The average Bonchev–Trinajstić information content (AvgIpc) is 2.44. The number of halogens is 2. The second kappa shape index (κ2) is 6.65. The molecule has 1 unspecified atom stereocenters. The summed E-state index contributed by atoms with van der Waals surface area (Å²) in [6.07, 6.45) is 0. The molecule has 0 fully saturated rings. The highest BCUT2D eigenvalue weighted by Gasteiger charge is 2.15. The summed E-state index contributed by atoms with van der Waals surface area (Å²) >= 11 is 5.87. The molecule has 0 saturated carbocycles. The van der Waals surface area contributed by atoms with Gasteiger partial charge in [-0.3, -0.25) is 10.1 Å². The van der Waals surface area contributed by atoms with Crippen molar-refractivity contribution in [1.29, 1.82) is 0 Å². The lowest BCUT2D eigenvalue weighted by molar-refractivity contribution is -0.385. The van der Waals surface area contributed by atoms with Crippen LogP contribution in [-0.2, 0) is 6.54 Å². The molecule has 2 rings (SSSR count). The van der Waals surface area contributed by atoms with Gasteiger partial charge in [0.05, 0.1) is 4.92 Å². The second-order valence-electron chi connectivity index (χ2n) is 4.69. The number of hydrogen-bond acceptors (Lipinski definition) is 3. The summed E-state index contributed by atoms with van der Waals surface area (Å²) < 4.78 is 13.2. The van der Waals surface area contributed by atoms with Crippen molar-refractivity contribution in [3.63, 3.8) is 0 Å². The first-order chi connectivity index (χ1) is 9.97. The molecule has 0 bridgehead atoms. The van der Waals surface area contributed by atoms with E-state index in [9.17, 15) is 14.5 Å². The molecule has 6 heteroatoms. The molecule has 2 aromatic rings. The molecule has 0 aliphatic carbocycles. The normalized spacial score (nSPS) is 12.1. The highest BCUT2D eigenvalue weighted by Crippen LogP contribution is 2.23. The van der Waals surface area contributed by atoms with E-state index in [1.807, 2.05) is 6.92 Å². The minimum Gasteiger partial charge on any atom is -0.306 e. The van der Waals surface area contributed by atoms with Crippen molar-refractivity contribution >= 4 is 17.3 Å². The Labute approximate surface area is 126 Å². The summed E-state index contributed by atoms with van der Waals surface area (Å²) in [6, 6.07) is 10.5. The predicted molar refractivity (Wildman–Crippen MR) is 79.8 cm³/mol. The van der Waals surface area contributed by atoms with E-state index in [1.54, 1.807) is 18.2 Å². The molecule has 110 valence electrons. The van der Waals surface area contributed by atoms with Gasteiger partial charge in [0, 0.05) is 29.2 Å². The quantitative estimate of drug-likeness (QED) is 0.664. The molecule has 1 N–H and O–H groups in total. The van der Waals surface area contributed by atoms with Crippen LogP contribution in [0.25, 0.3) is 0 Å². The first kappa shape index (κ1) is 15.4. The molecular formula is C15H14ClFN2O2. The maximum Gasteiger partial charge on any atom is 0.273 e. The molecule has 0 saturated heterocycles. The van der Waals surface area contributed by atoms with Gasteiger partial charge in [0.1, 0.15) is 5.82 Å². The number of nitrogens with zero attached hydrogens (tertiary/aromatic N) is 1.